The Morgan fingerprint density at radius 3 is 2.75 bits per heavy atom. The Labute approximate surface area is 125 Å². The molecule has 0 radical (unpaired) electrons. The quantitative estimate of drug-likeness (QED) is 0.749. The number of thiophene rings is 1. The van der Waals surface area contributed by atoms with Gasteiger partial charge in [-0.2, -0.15) is 11.3 Å². The Balaban J connectivity index is 1.80. The molecule has 0 fully saturated rings. The predicted molar refractivity (Wildman–Crippen MR) is 86.7 cm³/mol. The van der Waals surface area contributed by atoms with Crippen molar-refractivity contribution in [2.24, 2.45) is 0 Å². The van der Waals surface area contributed by atoms with Crippen molar-refractivity contribution in [3.63, 3.8) is 0 Å². The van der Waals surface area contributed by atoms with Crippen LogP contribution in [0.3, 0.4) is 0 Å². The normalized spacial score (nSPS) is 12.2. The van der Waals surface area contributed by atoms with Crippen LogP contribution in [-0.2, 0) is 6.42 Å². The Kier molecular flexibility index (Phi) is 6.61. The number of nitrogens with one attached hydrogen (secondary N) is 1. The van der Waals surface area contributed by atoms with Gasteiger partial charge in [-0.05, 0) is 60.3 Å². The molecule has 1 heterocycles. The molecule has 108 valence electrons. The molecule has 2 aromatic rings. The largest absolute Gasteiger partial charge is 0.492 e. The van der Waals surface area contributed by atoms with Gasteiger partial charge in [-0.3, -0.25) is 0 Å². The van der Waals surface area contributed by atoms with E-state index in [9.17, 15) is 0 Å². The van der Waals surface area contributed by atoms with E-state index in [-0.39, 0.29) is 0 Å². The monoisotopic (exact) mass is 289 g/mol. The third kappa shape index (κ3) is 5.35. The molecule has 2 rings (SSSR count). The summed E-state index contributed by atoms with van der Waals surface area (Å²) < 4.78 is 5.88. The maximum Gasteiger partial charge on any atom is 0.119 e. The highest BCUT2D eigenvalue weighted by Gasteiger charge is 2.09. The SMILES string of the molecule is CCCNC(CCc1ccsc1)COc1ccccc1. The van der Waals surface area contributed by atoms with Gasteiger partial charge in [-0.25, -0.2) is 0 Å². The molecule has 3 heteroatoms. The lowest BCUT2D eigenvalue weighted by Crippen LogP contribution is -2.35. The molecule has 0 aliphatic carbocycles. The van der Waals surface area contributed by atoms with Gasteiger partial charge >= 0.3 is 0 Å². The van der Waals surface area contributed by atoms with E-state index in [1.165, 1.54) is 5.56 Å². The van der Waals surface area contributed by atoms with E-state index in [2.05, 4.69) is 29.1 Å². The second kappa shape index (κ2) is 8.77. The van der Waals surface area contributed by atoms with E-state index < -0.39 is 0 Å². The van der Waals surface area contributed by atoms with Crippen LogP contribution in [0, 0.1) is 0 Å². The first-order valence-corrected chi connectivity index (χ1v) is 8.25. The molecule has 0 amide bonds. The van der Waals surface area contributed by atoms with Gasteiger partial charge in [-0.15, -0.1) is 0 Å². The lowest BCUT2D eigenvalue weighted by Gasteiger charge is -2.19. The standard InChI is InChI=1S/C17H23NOS/c1-2-11-18-16(9-8-15-10-12-20-14-15)13-19-17-6-4-3-5-7-17/h3-7,10,12,14,16,18H,2,8-9,11,13H2,1H3. The minimum atomic E-state index is 0.412. The van der Waals surface area contributed by atoms with E-state index in [4.69, 9.17) is 4.74 Å². The molecule has 1 aromatic heterocycles. The van der Waals surface area contributed by atoms with Gasteiger partial charge < -0.3 is 10.1 Å². The zero-order valence-electron chi connectivity index (χ0n) is 12.0. The first-order valence-electron chi connectivity index (χ1n) is 7.30. The summed E-state index contributed by atoms with van der Waals surface area (Å²) in [4.78, 5) is 0. The van der Waals surface area contributed by atoms with Gasteiger partial charge in [0, 0.05) is 6.04 Å². The first kappa shape index (κ1) is 15.1. The van der Waals surface area contributed by atoms with Crippen LogP contribution in [0.2, 0.25) is 0 Å². The zero-order chi connectivity index (χ0) is 14.0. The summed E-state index contributed by atoms with van der Waals surface area (Å²) in [5, 5.41) is 7.95. The van der Waals surface area contributed by atoms with E-state index >= 15 is 0 Å². The fourth-order valence-electron chi connectivity index (χ4n) is 2.08. The minimum Gasteiger partial charge on any atom is -0.492 e. The summed E-state index contributed by atoms with van der Waals surface area (Å²) in [7, 11) is 0. The number of ether oxygens (including phenoxy) is 1. The fourth-order valence-corrected chi connectivity index (χ4v) is 2.79. The smallest absolute Gasteiger partial charge is 0.119 e. The topological polar surface area (TPSA) is 21.3 Å². The second-order valence-corrected chi connectivity index (χ2v) is 5.73. The fraction of sp³-hybridized carbons (Fsp3) is 0.412. The second-order valence-electron chi connectivity index (χ2n) is 4.95. The summed E-state index contributed by atoms with van der Waals surface area (Å²) in [6.45, 7) is 3.97. The molecule has 2 nitrogen and oxygen atoms in total. The Hall–Kier alpha value is -1.32. The molecule has 0 aliphatic heterocycles. The van der Waals surface area contributed by atoms with Crippen molar-refractivity contribution in [2.45, 2.75) is 32.2 Å². The van der Waals surface area contributed by atoms with Crippen molar-refractivity contribution in [3.05, 3.63) is 52.7 Å². The molecule has 0 saturated heterocycles. The maximum atomic E-state index is 5.88. The van der Waals surface area contributed by atoms with Crippen molar-refractivity contribution < 1.29 is 4.74 Å². The molecular formula is C17H23NOS. The van der Waals surface area contributed by atoms with Crippen molar-refractivity contribution >= 4 is 11.3 Å². The molecule has 1 atom stereocenters. The molecule has 0 aliphatic rings. The highest BCUT2D eigenvalue weighted by Crippen LogP contribution is 2.12. The van der Waals surface area contributed by atoms with Crippen molar-refractivity contribution in [1.82, 2.24) is 5.32 Å². The summed E-state index contributed by atoms with van der Waals surface area (Å²) >= 11 is 1.77. The molecule has 0 spiro atoms. The van der Waals surface area contributed by atoms with E-state index in [1.54, 1.807) is 11.3 Å². The Morgan fingerprint density at radius 2 is 2.05 bits per heavy atom. The molecule has 0 bridgehead atoms. The molecule has 1 aromatic carbocycles. The Bertz CT molecular complexity index is 455. The lowest BCUT2D eigenvalue weighted by atomic mass is 10.1. The highest BCUT2D eigenvalue weighted by molar-refractivity contribution is 7.07. The lowest BCUT2D eigenvalue weighted by molar-refractivity contribution is 0.257. The van der Waals surface area contributed by atoms with Crippen molar-refractivity contribution in [1.29, 1.82) is 0 Å². The summed E-state index contributed by atoms with van der Waals surface area (Å²) in [6.07, 6.45) is 3.38. The first-order chi connectivity index (χ1) is 9.88. The minimum absolute atomic E-state index is 0.412. The van der Waals surface area contributed by atoms with Crippen LogP contribution in [0.5, 0.6) is 5.75 Å². The van der Waals surface area contributed by atoms with E-state index in [0.717, 1.165) is 38.2 Å². The molecule has 20 heavy (non-hydrogen) atoms. The third-order valence-corrected chi connectivity index (χ3v) is 3.97. The zero-order valence-corrected chi connectivity index (χ0v) is 12.9. The molecular weight excluding hydrogens is 266 g/mol. The van der Waals surface area contributed by atoms with Gasteiger partial charge in [-0.1, -0.05) is 25.1 Å². The van der Waals surface area contributed by atoms with Gasteiger partial charge in [0.2, 0.25) is 0 Å². The number of hydrogen-bond acceptors (Lipinski definition) is 3. The summed E-state index contributed by atoms with van der Waals surface area (Å²) in [5.41, 5.74) is 1.43. The van der Waals surface area contributed by atoms with Crippen LogP contribution in [0.4, 0.5) is 0 Å². The van der Waals surface area contributed by atoms with Gasteiger partial charge in [0.05, 0.1) is 0 Å². The molecule has 1 unspecified atom stereocenters. The highest BCUT2D eigenvalue weighted by atomic mass is 32.1. The van der Waals surface area contributed by atoms with Crippen LogP contribution in [0.25, 0.3) is 0 Å². The van der Waals surface area contributed by atoms with E-state index in [0.29, 0.717) is 6.04 Å². The molecule has 1 N–H and O–H groups in total. The maximum absolute atomic E-state index is 5.88. The number of hydrogen-bond donors (Lipinski definition) is 1. The van der Waals surface area contributed by atoms with Crippen molar-refractivity contribution in [3.8, 4) is 5.75 Å². The number of aryl methyl sites for hydroxylation is 1. The third-order valence-electron chi connectivity index (χ3n) is 3.24. The summed E-state index contributed by atoms with van der Waals surface area (Å²) in [6, 6.07) is 12.7. The average molecular weight is 289 g/mol. The van der Waals surface area contributed by atoms with Crippen LogP contribution >= 0.6 is 11.3 Å². The molecule has 0 saturated carbocycles. The van der Waals surface area contributed by atoms with Crippen LogP contribution < -0.4 is 10.1 Å². The predicted octanol–water partition coefficient (Wildman–Crippen LogP) is 4.13. The van der Waals surface area contributed by atoms with Gasteiger partial charge in [0.1, 0.15) is 12.4 Å². The van der Waals surface area contributed by atoms with E-state index in [1.807, 2.05) is 30.3 Å². The number of benzene rings is 1. The van der Waals surface area contributed by atoms with Crippen LogP contribution in [0.1, 0.15) is 25.3 Å². The average Bonchev–Trinajstić information content (AvgIpc) is 3.01. The summed E-state index contributed by atoms with van der Waals surface area (Å²) in [5.74, 6) is 0.950. The number of rotatable bonds is 9. The Morgan fingerprint density at radius 1 is 1.20 bits per heavy atom. The van der Waals surface area contributed by atoms with Crippen LogP contribution in [0.15, 0.2) is 47.2 Å². The van der Waals surface area contributed by atoms with Crippen LogP contribution in [-0.4, -0.2) is 19.2 Å². The van der Waals surface area contributed by atoms with Crippen molar-refractivity contribution in [2.75, 3.05) is 13.2 Å². The van der Waals surface area contributed by atoms with Gasteiger partial charge in [0.25, 0.3) is 0 Å². The van der Waals surface area contributed by atoms with Gasteiger partial charge in [0.15, 0.2) is 0 Å². The number of para-hydroxylation sites is 1.